The smallest absolute Gasteiger partial charge is 0.306 e. The van der Waals surface area contributed by atoms with Crippen LogP contribution in [-0.2, 0) is 21.6 Å². The lowest BCUT2D eigenvalue weighted by atomic mass is 10.0. The Morgan fingerprint density at radius 2 is 1.16 bits per heavy atom. The van der Waals surface area contributed by atoms with Gasteiger partial charge >= 0.3 is 11.6 Å². The van der Waals surface area contributed by atoms with Crippen molar-refractivity contribution in [2.45, 2.75) is 4.90 Å². The van der Waals surface area contributed by atoms with E-state index in [1.807, 2.05) is 95.6 Å². The second-order valence-corrected chi connectivity index (χ2v) is 11.8. The highest BCUT2D eigenvalue weighted by atomic mass is 32.2. The largest absolute Gasteiger partial charge is 0.335 e. The maximum atomic E-state index is 14.1. The zero-order chi connectivity index (χ0) is 30.7. The van der Waals surface area contributed by atoms with Crippen LogP contribution in [-0.4, -0.2) is 31.2 Å². The van der Waals surface area contributed by atoms with Gasteiger partial charge in [0.15, 0.2) is 0 Å². The minimum absolute atomic E-state index is 0.152. The summed E-state index contributed by atoms with van der Waals surface area (Å²) in [6.45, 7) is 0. The molecule has 0 fully saturated rings. The molecule has 9 heteroatoms. The zero-order valence-electron chi connectivity index (χ0n) is 23.1. The van der Waals surface area contributed by atoms with E-state index in [1.54, 1.807) is 54.6 Å². The predicted octanol–water partition coefficient (Wildman–Crippen LogP) is 7.05. The molecule has 7 nitrogen and oxygen atoms in total. The number of nitrogens with zero attached hydrogens (tertiary/aromatic N) is 2. The zero-order valence-corrected chi connectivity index (χ0v) is 24.7. The molecule has 0 amide bonds. The van der Waals surface area contributed by atoms with E-state index >= 15 is 0 Å². The predicted molar refractivity (Wildman–Crippen MR) is 172 cm³/mol. The number of hydrogen-bond donors (Lipinski definition) is 0. The van der Waals surface area contributed by atoms with E-state index in [0.29, 0.717) is 28.0 Å². The molecule has 0 aliphatic carbocycles. The number of para-hydroxylation sites is 3. The molecule has 0 saturated heterocycles. The SMILES string of the molecule is O=C(c1cccc(-c2cc3ccccc3n2S(=O)(=O)c2ccccc2)c1)c1cc2ccccc2n1-c1ccccc1.O=S=O. The normalized spacial score (nSPS) is 11.2. The molecule has 0 N–H and O–H groups in total. The molecule has 2 heterocycles. The number of rotatable bonds is 6. The number of fused-ring (bicyclic) bond motifs is 2. The fourth-order valence-electron chi connectivity index (χ4n) is 5.43. The summed E-state index contributed by atoms with van der Waals surface area (Å²) in [5, 5.41) is 1.76. The molecular formula is C35H24N2O5S2. The molecule has 7 rings (SSSR count). The molecule has 216 valence electrons. The summed E-state index contributed by atoms with van der Waals surface area (Å²) in [5.41, 5.74) is 4.53. The molecule has 0 unspecified atom stereocenters. The molecule has 0 atom stereocenters. The van der Waals surface area contributed by atoms with Crippen molar-refractivity contribution in [3.63, 3.8) is 0 Å². The Kier molecular flexibility index (Phi) is 7.89. The van der Waals surface area contributed by atoms with Crippen molar-refractivity contribution >= 4 is 49.2 Å². The molecule has 0 spiro atoms. The first-order valence-electron chi connectivity index (χ1n) is 13.6. The molecule has 44 heavy (non-hydrogen) atoms. The molecule has 0 radical (unpaired) electrons. The van der Waals surface area contributed by atoms with Gasteiger partial charge in [0.05, 0.1) is 27.3 Å². The summed E-state index contributed by atoms with van der Waals surface area (Å²) >= 11 is -0.750. The fraction of sp³-hybridized carbons (Fsp3) is 0. The molecular weight excluding hydrogens is 593 g/mol. The average molecular weight is 617 g/mol. The van der Waals surface area contributed by atoms with Crippen LogP contribution in [0.15, 0.2) is 150 Å². The first-order chi connectivity index (χ1) is 21.4. The standard InChI is InChI=1S/C35H24N2O3S.O2S/c38-35(34-24-26-12-7-9-20-31(26)36(34)29-16-3-1-4-17-29)28-15-11-14-25(22-28)33-23-27-13-8-10-21-32(27)37(33)41(39,40)30-18-5-2-6-19-30;1-3-2/h1-24H;. The van der Waals surface area contributed by atoms with Crippen LogP contribution in [0.1, 0.15) is 16.1 Å². The van der Waals surface area contributed by atoms with E-state index in [9.17, 15) is 13.2 Å². The van der Waals surface area contributed by atoms with Crippen LogP contribution in [0.2, 0.25) is 0 Å². The summed E-state index contributed by atoms with van der Waals surface area (Å²) in [4.78, 5) is 14.3. The Labute approximate surface area is 257 Å². The maximum Gasteiger partial charge on any atom is 0.335 e. The number of carbonyl (C=O) groups is 1. The second-order valence-electron chi connectivity index (χ2n) is 9.91. The van der Waals surface area contributed by atoms with Crippen LogP contribution >= 0.6 is 0 Å². The van der Waals surface area contributed by atoms with Gasteiger partial charge in [-0.25, -0.2) is 12.4 Å². The number of ketones is 1. The lowest BCUT2D eigenvalue weighted by Gasteiger charge is -2.13. The third-order valence-electron chi connectivity index (χ3n) is 7.33. The van der Waals surface area contributed by atoms with Crippen molar-refractivity contribution in [1.82, 2.24) is 8.54 Å². The first kappa shape index (κ1) is 28.7. The number of benzene rings is 5. The van der Waals surface area contributed by atoms with Crippen LogP contribution < -0.4 is 0 Å². The highest BCUT2D eigenvalue weighted by molar-refractivity contribution is 7.90. The summed E-state index contributed by atoms with van der Waals surface area (Å²) in [6, 6.07) is 44.5. The highest BCUT2D eigenvalue weighted by Gasteiger charge is 2.25. The molecule has 2 aromatic heterocycles. The molecule has 0 saturated carbocycles. The Balaban J connectivity index is 0.00000110. The van der Waals surface area contributed by atoms with Crippen molar-refractivity contribution in [3.05, 3.63) is 157 Å². The van der Waals surface area contributed by atoms with Crippen LogP contribution in [0, 0.1) is 0 Å². The van der Waals surface area contributed by atoms with E-state index < -0.39 is 21.6 Å². The van der Waals surface area contributed by atoms with Crippen LogP contribution in [0.4, 0.5) is 0 Å². The van der Waals surface area contributed by atoms with Crippen molar-refractivity contribution < 1.29 is 21.6 Å². The van der Waals surface area contributed by atoms with Gasteiger partial charge in [0.2, 0.25) is 5.78 Å². The minimum atomic E-state index is -3.92. The molecule has 7 aromatic rings. The molecule has 0 aliphatic heterocycles. The highest BCUT2D eigenvalue weighted by Crippen LogP contribution is 2.33. The quantitative estimate of drug-likeness (QED) is 0.187. The average Bonchev–Trinajstić information content (AvgIpc) is 3.66. The van der Waals surface area contributed by atoms with E-state index in [2.05, 4.69) is 0 Å². The minimum Gasteiger partial charge on any atom is -0.306 e. The Morgan fingerprint density at radius 1 is 0.591 bits per heavy atom. The molecule has 0 bridgehead atoms. The Bertz CT molecular complexity index is 2280. The van der Waals surface area contributed by atoms with Crippen molar-refractivity contribution in [1.29, 1.82) is 0 Å². The van der Waals surface area contributed by atoms with E-state index in [1.165, 1.54) is 3.97 Å². The number of hydrogen-bond acceptors (Lipinski definition) is 5. The van der Waals surface area contributed by atoms with Crippen LogP contribution in [0.3, 0.4) is 0 Å². The number of aromatic nitrogens is 2. The Morgan fingerprint density at radius 3 is 1.84 bits per heavy atom. The van der Waals surface area contributed by atoms with Gasteiger partial charge in [0.25, 0.3) is 10.0 Å². The summed E-state index contributed by atoms with van der Waals surface area (Å²) in [7, 11) is -3.92. The van der Waals surface area contributed by atoms with Crippen LogP contribution in [0.25, 0.3) is 38.8 Å². The van der Waals surface area contributed by atoms with E-state index in [0.717, 1.165) is 22.0 Å². The van der Waals surface area contributed by atoms with Crippen molar-refractivity contribution in [2.75, 3.05) is 0 Å². The third-order valence-corrected chi connectivity index (χ3v) is 9.07. The van der Waals surface area contributed by atoms with E-state index in [-0.39, 0.29) is 10.7 Å². The topological polar surface area (TPSA) is 95.2 Å². The Hall–Kier alpha value is -5.38. The first-order valence-corrected chi connectivity index (χ1v) is 15.7. The van der Waals surface area contributed by atoms with Gasteiger partial charge in [-0.05, 0) is 60.2 Å². The van der Waals surface area contributed by atoms with E-state index in [4.69, 9.17) is 8.42 Å². The van der Waals surface area contributed by atoms with Gasteiger partial charge in [-0.3, -0.25) is 4.79 Å². The van der Waals surface area contributed by atoms with Gasteiger partial charge < -0.3 is 4.57 Å². The van der Waals surface area contributed by atoms with Gasteiger partial charge in [-0.2, -0.15) is 8.42 Å². The van der Waals surface area contributed by atoms with Gasteiger partial charge in [-0.15, -0.1) is 0 Å². The lowest BCUT2D eigenvalue weighted by Crippen LogP contribution is -2.14. The van der Waals surface area contributed by atoms with Gasteiger partial charge in [0.1, 0.15) is 0 Å². The molecule has 0 aliphatic rings. The van der Waals surface area contributed by atoms with Crippen LogP contribution in [0.5, 0.6) is 0 Å². The monoisotopic (exact) mass is 616 g/mol. The molecule has 5 aromatic carbocycles. The van der Waals surface area contributed by atoms with Gasteiger partial charge in [0, 0.05) is 22.0 Å². The lowest BCUT2D eigenvalue weighted by molar-refractivity contribution is 0.103. The summed E-state index contributed by atoms with van der Waals surface area (Å²) < 4.78 is 47.8. The maximum absolute atomic E-state index is 14.1. The van der Waals surface area contributed by atoms with Gasteiger partial charge in [-0.1, -0.05) is 91.0 Å². The van der Waals surface area contributed by atoms with Crippen molar-refractivity contribution in [2.24, 2.45) is 0 Å². The second kappa shape index (κ2) is 12.1. The summed E-state index contributed by atoms with van der Waals surface area (Å²) in [6.07, 6.45) is 0. The fourth-order valence-corrected chi connectivity index (χ4v) is 6.99. The third kappa shape index (κ3) is 5.19. The summed E-state index contributed by atoms with van der Waals surface area (Å²) in [5.74, 6) is -0.152. The van der Waals surface area contributed by atoms with Crippen molar-refractivity contribution in [3.8, 4) is 16.9 Å². The number of carbonyl (C=O) groups excluding carboxylic acids is 1.